The fourth-order valence-electron chi connectivity index (χ4n) is 3.58. The average molecular weight is 350 g/mol. The van der Waals surface area contributed by atoms with Crippen LogP contribution in [0, 0.1) is 0 Å². The van der Waals surface area contributed by atoms with E-state index in [2.05, 4.69) is 98.5 Å². The standard InChI is InChI=1S/C23H27OP/c1-3-24-20(2)19-25(21-13-7-4-8-14-21,22-15-9-5-10-16-22)23-17-11-6-12-18-23/h4-11,13-17,19-20H,3,12,18H2,1-2H3. The molecule has 1 nitrogen and oxygen atoms in total. The largest absolute Gasteiger partial charge is 0.375 e. The van der Waals surface area contributed by atoms with Crippen LogP contribution in [0.4, 0.5) is 0 Å². The molecule has 25 heavy (non-hydrogen) atoms. The van der Waals surface area contributed by atoms with E-state index in [0.717, 1.165) is 19.4 Å². The maximum Gasteiger partial charge on any atom is 0.0740 e. The van der Waals surface area contributed by atoms with Crippen molar-refractivity contribution in [3.63, 3.8) is 0 Å². The lowest BCUT2D eigenvalue weighted by atomic mass is 10.2. The smallest absolute Gasteiger partial charge is 0.0740 e. The predicted molar refractivity (Wildman–Crippen MR) is 113 cm³/mol. The predicted octanol–water partition coefficient (Wildman–Crippen LogP) is 5.12. The third kappa shape index (κ3) is 3.89. The molecular formula is C23H27OP. The molecule has 130 valence electrons. The SMILES string of the molecule is CCOC(C)C=P(C1=CC=CCC1)(c1ccccc1)c1ccccc1. The number of hydrogen-bond acceptors (Lipinski definition) is 1. The van der Waals surface area contributed by atoms with Crippen LogP contribution in [-0.4, -0.2) is 18.5 Å². The maximum atomic E-state index is 5.96. The zero-order valence-electron chi connectivity index (χ0n) is 15.1. The van der Waals surface area contributed by atoms with E-state index in [4.69, 9.17) is 4.74 Å². The average Bonchev–Trinajstić information content (AvgIpc) is 2.68. The maximum absolute atomic E-state index is 5.96. The van der Waals surface area contributed by atoms with Gasteiger partial charge in [-0.25, -0.2) is 0 Å². The summed E-state index contributed by atoms with van der Waals surface area (Å²) in [6.45, 7) is 3.17. The van der Waals surface area contributed by atoms with E-state index in [-0.39, 0.29) is 6.10 Å². The molecule has 0 aromatic heterocycles. The van der Waals surface area contributed by atoms with E-state index in [1.165, 1.54) is 10.6 Å². The monoisotopic (exact) mass is 350 g/mol. The molecule has 1 aliphatic rings. The van der Waals surface area contributed by atoms with Gasteiger partial charge in [0.15, 0.2) is 0 Å². The van der Waals surface area contributed by atoms with Crippen molar-refractivity contribution in [2.75, 3.05) is 6.61 Å². The minimum atomic E-state index is -1.80. The van der Waals surface area contributed by atoms with Gasteiger partial charge in [0.1, 0.15) is 0 Å². The van der Waals surface area contributed by atoms with Gasteiger partial charge in [0, 0.05) is 6.61 Å². The molecule has 0 saturated carbocycles. The second-order valence-electron chi connectivity index (χ2n) is 6.33. The van der Waals surface area contributed by atoms with E-state index >= 15 is 0 Å². The van der Waals surface area contributed by atoms with Gasteiger partial charge < -0.3 is 4.74 Å². The fraction of sp³-hybridized carbons (Fsp3) is 0.261. The lowest BCUT2D eigenvalue weighted by Crippen LogP contribution is -2.24. The van der Waals surface area contributed by atoms with Crippen molar-refractivity contribution >= 4 is 23.3 Å². The van der Waals surface area contributed by atoms with Gasteiger partial charge in [-0.1, -0.05) is 78.9 Å². The van der Waals surface area contributed by atoms with Crippen LogP contribution in [0.25, 0.3) is 0 Å². The Morgan fingerprint density at radius 3 is 2.08 bits per heavy atom. The summed E-state index contributed by atoms with van der Waals surface area (Å²) in [5.41, 5.74) is 0. The molecule has 3 rings (SSSR count). The summed E-state index contributed by atoms with van der Waals surface area (Å²) < 4.78 is 5.96. The zero-order valence-corrected chi connectivity index (χ0v) is 16.0. The summed E-state index contributed by atoms with van der Waals surface area (Å²) in [6.07, 6.45) is 9.17. The van der Waals surface area contributed by atoms with Crippen LogP contribution in [0.1, 0.15) is 26.7 Å². The Morgan fingerprint density at radius 2 is 1.60 bits per heavy atom. The van der Waals surface area contributed by atoms with Crippen molar-refractivity contribution in [2.45, 2.75) is 32.8 Å². The molecule has 0 aliphatic heterocycles. The minimum Gasteiger partial charge on any atom is -0.375 e. The number of hydrogen-bond donors (Lipinski definition) is 0. The molecule has 1 atom stereocenters. The van der Waals surface area contributed by atoms with E-state index in [9.17, 15) is 0 Å². The van der Waals surface area contributed by atoms with Crippen molar-refractivity contribution in [1.82, 2.24) is 0 Å². The molecule has 2 heteroatoms. The van der Waals surface area contributed by atoms with E-state index < -0.39 is 6.89 Å². The number of allylic oxidation sites excluding steroid dienone is 4. The molecule has 2 aromatic rings. The van der Waals surface area contributed by atoms with Gasteiger partial charge in [-0.3, -0.25) is 0 Å². The van der Waals surface area contributed by atoms with Crippen molar-refractivity contribution < 1.29 is 4.74 Å². The highest BCUT2D eigenvalue weighted by Gasteiger charge is 2.27. The molecule has 0 radical (unpaired) electrons. The van der Waals surface area contributed by atoms with Crippen LogP contribution in [0.15, 0.2) is 84.2 Å². The summed E-state index contributed by atoms with van der Waals surface area (Å²) in [4.78, 5) is 0. The lowest BCUT2D eigenvalue weighted by Gasteiger charge is -2.33. The summed E-state index contributed by atoms with van der Waals surface area (Å²) in [5, 5.41) is 4.36. The molecule has 0 bridgehead atoms. The highest BCUT2D eigenvalue weighted by Crippen LogP contribution is 2.55. The summed E-state index contributed by atoms with van der Waals surface area (Å²) in [6, 6.07) is 22.0. The van der Waals surface area contributed by atoms with Crippen LogP contribution in [0.5, 0.6) is 0 Å². The van der Waals surface area contributed by atoms with Crippen molar-refractivity contribution in [1.29, 1.82) is 0 Å². The van der Waals surface area contributed by atoms with Crippen molar-refractivity contribution in [2.24, 2.45) is 0 Å². The fourth-order valence-corrected chi connectivity index (χ4v) is 7.88. The third-order valence-electron chi connectivity index (χ3n) is 4.63. The molecule has 0 amide bonds. The topological polar surface area (TPSA) is 9.23 Å². The van der Waals surface area contributed by atoms with E-state index in [1.54, 1.807) is 5.31 Å². The number of benzene rings is 2. The van der Waals surface area contributed by atoms with Gasteiger partial charge >= 0.3 is 0 Å². The molecule has 1 aliphatic carbocycles. The molecular weight excluding hydrogens is 323 g/mol. The molecule has 0 spiro atoms. The van der Waals surface area contributed by atoms with Gasteiger partial charge in [0.25, 0.3) is 0 Å². The Labute approximate surface area is 152 Å². The molecule has 0 heterocycles. The van der Waals surface area contributed by atoms with Crippen LogP contribution >= 0.6 is 6.89 Å². The number of rotatable bonds is 6. The molecule has 0 saturated heterocycles. The Bertz CT molecular complexity index is 744. The van der Waals surface area contributed by atoms with Crippen LogP contribution < -0.4 is 10.6 Å². The van der Waals surface area contributed by atoms with Gasteiger partial charge in [0.2, 0.25) is 0 Å². The summed E-state index contributed by atoms with van der Waals surface area (Å²) >= 11 is 0. The quantitative estimate of drug-likeness (QED) is 0.657. The molecule has 1 unspecified atom stereocenters. The summed E-state index contributed by atoms with van der Waals surface area (Å²) in [5.74, 6) is 2.49. The van der Waals surface area contributed by atoms with Crippen LogP contribution in [-0.2, 0) is 4.74 Å². The Hall–Kier alpha value is -1.82. The first kappa shape index (κ1) is 18.0. The Morgan fingerprint density at radius 1 is 1.00 bits per heavy atom. The first-order valence-corrected chi connectivity index (χ1v) is 11.0. The van der Waals surface area contributed by atoms with Gasteiger partial charge in [-0.15, -0.1) is 0 Å². The second kappa shape index (κ2) is 8.52. The van der Waals surface area contributed by atoms with E-state index in [0.29, 0.717) is 0 Å². The second-order valence-corrected chi connectivity index (χ2v) is 9.68. The highest BCUT2D eigenvalue weighted by molar-refractivity contribution is 7.91. The van der Waals surface area contributed by atoms with Gasteiger partial charge in [-0.2, -0.15) is 0 Å². The molecule has 0 fully saturated rings. The third-order valence-corrected chi connectivity index (χ3v) is 9.01. The molecule has 2 aromatic carbocycles. The van der Waals surface area contributed by atoms with Crippen LogP contribution in [0.3, 0.4) is 0 Å². The first-order valence-electron chi connectivity index (χ1n) is 9.11. The first-order chi connectivity index (χ1) is 12.3. The van der Waals surface area contributed by atoms with E-state index in [1.807, 2.05) is 0 Å². The van der Waals surface area contributed by atoms with Gasteiger partial charge in [-0.05, 0) is 55.3 Å². The molecule has 0 N–H and O–H groups in total. The number of ether oxygens (including phenoxy) is 1. The normalized spacial score (nSPS) is 15.5. The van der Waals surface area contributed by atoms with Crippen molar-refractivity contribution in [3.05, 3.63) is 84.2 Å². The highest BCUT2D eigenvalue weighted by atomic mass is 31.2. The van der Waals surface area contributed by atoms with Gasteiger partial charge in [0.05, 0.1) is 6.10 Å². The Kier molecular flexibility index (Phi) is 6.13. The van der Waals surface area contributed by atoms with Crippen molar-refractivity contribution in [3.8, 4) is 0 Å². The Balaban J connectivity index is 2.31. The van der Waals surface area contributed by atoms with Crippen LogP contribution in [0.2, 0.25) is 0 Å². The lowest BCUT2D eigenvalue weighted by molar-refractivity contribution is 0.127. The summed E-state index contributed by atoms with van der Waals surface area (Å²) in [7, 11) is 0. The zero-order chi connectivity index (χ0) is 17.5. The minimum absolute atomic E-state index is 0.116.